The van der Waals surface area contributed by atoms with E-state index in [4.69, 9.17) is 10.8 Å². The van der Waals surface area contributed by atoms with Gasteiger partial charge in [0.05, 0.1) is 11.2 Å². The summed E-state index contributed by atoms with van der Waals surface area (Å²) in [5.74, 6) is -0.883. The molecule has 5 heteroatoms. The number of aromatic nitrogens is 1. The number of carboxylic acid groups (broad SMARTS) is 1. The Morgan fingerprint density at radius 3 is 2.93 bits per heavy atom. The van der Waals surface area contributed by atoms with Crippen molar-refractivity contribution in [2.24, 2.45) is 0 Å². The van der Waals surface area contributed by atoms with E-state index in [1.165, 1.54) is 0 Å². The van der Waals surface area contributed by atoms with Crippen LogP contribution in [-0.2, 0) is 11.3 Å². The number of nitrogen functional groups attached to an aromatic ring is 1. The Morgan fingerprint density at radius 1 is 1.53 bits per heavy atom. The van der Waals surface area contributed by atoms with Crippen molar-refractivity contribution in [2.45, 2.75) is 6.54 Å². The zero-order chi connectivity index (χ0) is 11.0. The van der Waals surface area contributed by atoms with Crippen LogP contribution in [0, 0.1) is 0 Å². The Kier molecular flexibility index (Phi) is 2.40. The number of nitrogens with zero attached hydrogens (tertiary/aromatic N) is 1. The maximum absolute atomic E-state index is 10.6. The van der Waals surface area contributed by atoms with Gasteiger partial charge in [0.15, 0.2) is 0 Å². The summed E-state index contributed by atoms with van der Waals surface area (Å²) >= 11 is 3.39. The van der Waals surface area contributed by atoms with Gasteiger partial charge in [0.25, 0.3) is 0 Å². The lowest BCUT2D eigenvalue weighted by molar-refractivity contribution is -0.137. The van der Waals surface area contributed by atoms with Crippen LogP contribution in [-0.4, -0.2) is 15.6 Å². The molecule has 1 aromatic carbocycles. The van der Waals surface area contributed by atoms with E-state index in [0.29, 0.717) is 5.69 Å². The van der Waals surface area contributed by atoms with E-state index in [1.54, 1.807) is 10.8 Å². The Labute approximate surface area is 94.4 Å². The van der Waals surface area contributed by atoms with Crippen molar-refractivity contribution in [3.63, 3.8) is 0 Å². The van der Waals surface area contributed by atoms with Crippen LogP contribution in [0.25, 0.3) is 10.9 Å². The van der Waals surface area contributed by atoms with Crippen molar-refractivity contribution in [2.75, 3.05) is 5.73 Å². The summed E-state index contributed by atoms with van der Waals surface area (Å²) in [5.41, 5.74) is 7.22. The molecule has 4 nitrogen and oxygen atoms in total. The SMILES string of the molecule is Nc1cn(CC(=O)O)c2cccc(Br)c12. The topological polar surface area (TPSA) is 68.2 Å². The van der Waals surface area contributed by atoms with Crippen LogP contribution in [0.2, 0.25) is 0 Å². The van der Waals surface area contributed by atoms with Crippen LogP contribution in [0.5, 0.6) is 0 Å². The highest BCUT2D eigenvalue weighted by Crippen LogP contribution is 2.30. The lowest BCUT2D eigenvalue weighted by Crippen LogP contribution is -2.07. The van der Waals surface area contributed by atoms with E-state index in [9.17, 15) is 4.79 Å². The number of hydrogen-bond acceptors (Lipinski definition) is 2. The minimum absolute atomic E-state index is 0.0792. The molecule has 0 saturated heterocycles. The summed E-state index contributed by atoms with van der Waals surface area (Å²) in [5, 5.41) is 9.59. The van der Waals surface area contributed by atoms with Gasteiger partial charge in [0, 0.05) is 16.1 Å². The molecule has 0 atom stereocenters. The van der Waals surface area contributed by atoms with Gasteiger partial charge >= 0.3 is 5.97 Å². The number of fused-ring (bicyclic) bond motifs is 1. The van der Waals surface area contributed by atoms with Crippen LogP contribution in [0.15, 0.2) is 28.9 Å². The predicted octanol–water partition coefficient (Wildman–Crippen LogP) is 2.07. The fraction of sp³-hybridized carbons (Fsp3) is 0.100. The van der Waals surface area contributed by atoms with Gasteiger partial charge in [0.1, 0.15) is 6.54 Å². The number of carboxylic acids is 1. The molecule has 1 aromatic heterocycles. The van der Waals surface area contributed by atoms with Gasteiger partial charge in [-0.05, 0) is 12.1 Å². The molecule has 0 aliphatic heterocycles. The van der Waals surface area contributed by atoms with Crippen LogP contribution in [0.1, 0.15) is 0 Å². The summed E-state index contributed by atoms with van der Waals surface area (Å²) in [6.45, 7) is -0.0792. The minimum Gasteiger partial charge on any atom is -0.480 e. The molecule has 2 rings (SSSR count). The molecule has 0 amide bonds. The smallest absolute Gasteiger partial charge is 0.323 e. The first-order valence-corrected chi connectivity index (χ1v) is 5.13. The summed E-state index contributed by atoms with van der Waals surface area (Å²) in [6.07, 6.45) is 1.64. The van der Waals surface area contributed by atoms with E-state index in [-0.39, 0.29) is 6.54 Å². The average Bonchev–Trinajstić information content (AvgIpc) is 2.44. The number of aliphatic carboxylic acids is 1. The lowest BCUT2D eigenvalue weighted by atomic mass is 10.2. The van der Waals surface area contributed by atoms with Gasteiger partial charge in [-0.25, -0.2) is 0 Å². The second-order valence-electron chi connectivity index (χ2n) is 3.24. The quantitative estimate of drug-likeness (QED) is 0.876. The Balaban J connectivity index is 2.68. The standard InChI is InChI=1S/C10H9BrN2O2/c11-6-2-1-3-8-10(6)7(12)4-13(8)5-9(14)15/h1-4H,5,12H2,(H,14,15). The zero-order valence-electron chi connectivity index (χ0n) is 7.77. The monoisotopic (exact) mass is 268 g/mol. The fourth-order valence-electron chi connectivity index (χ4n) is 1.62. The van der Waals surface area contributed by atoms with Gasteiger partial charge in [0.2, 0.25) is 0 Å². The van der Waals surface area contributed by atoms with Crippen LogP contribution in [0.3, 0.4) is 0 Å². The molecule has 0 fully saturated rings. The maximum Gasteiger partial charge on any atom is 0.323 e. The van der Waals surface area contributed by atoms with Crippen LogP contribution >= 0.6 is 15.9 Å². The minimum atomic E-state index is -0.883. The number of halogens is 1. The van der Waals surface area contributed by atoms with Crippen molar-refractivity contribution >= 4 is 38.5 Å². The first-order chi connectivity index (χ1) is 7.09. The van der Waals surface area contributed by atoms with Crippen LogP contribution in [0.4, 0.5) is 5.69 Å². The summed E-state index contributed by atoms with van der Waals surface area (Å²) in [6, 6.07) is 5.58. The molecular formula is C10H9BrN2O2. The van der Waals surface area contributed by atoms with Crippen molar-refractivity contribution < 1.29 is 9.90 Å². The number of hydrogen-bond donors (Lipinski definition) is 2. The van der Waals surface area contributed by atoms with Gasteiger partial charge in [-0.3, -0.25) is 4.79 Å². The number of anilines is 1. The van der Waals surface area contributed by atoms with E-state index < -0.39 is 5.97 Å². The highest BCUT2D eigenvalue weighted by atomic mass is 79.9. The number of nitrogens with two attached hydrogens (primary N) is 1. The molecule has 0 saturated carbocycles. The third-order valence-electron chi connectivity index (χ3n) is 2.19. The van der Waals surface area contributed by atoms with E-state index in [1.807, 2.05) is 18.2 Å². The summed E-state index contributed by atoms with van der Waals surface area (Å²) in [4.78, 5) is 10.6. The largest absolute Gasteiger partial charge is 0.480 e. The summed E-state index contributed by atoms with van der Waals surface area (Å²) in [7, 11) is 0. The maximum atomic E-state index is 10.6. The highest BCUT2D eigenvalue weighted by molar-refractivity contribution is 9.10. The molecular weight excluding hydrogens is 260 g/mol. The number of rotatable bonds is 2. The second kappa shape index (κ2) is 3.58. The molecule has 0 unspecified atom stereocenters. The molecule has 2 aromatic rings. The van der Waals surface area contributed by atoms with Crippen molar-refractivity contribution in [1.82, 2.24) is 4.57 Å². The molecule has 0 aliphatic carbocycles. The lowest BCUT2D eigenvalue weighted by Gasteiger charge is -2.00. The van der Waals surface area contributed by atoms with Crippen molar-refractivity contribution in [1.29, 1.82) is 0 Å². The second-order valence-corrected chi connectivity index (χ2v) is 4.09. The molecule has 78 valence electrons. The molecule has 0 radical (unpaired) electrons. The number of benzene rings is 1. The van der Waals surface area contributed by atoms with Gasteiger partial charge < -0.3 is 15.4 Å². The van der Waals surface area contributed by atoms with Gasteiger partial charge in [-0.1, -0.05) is 22.0 Å². The molecule has 0 aliphatic rings. The van der Waals surface area contributed by atoms with E-state index in [0.717, 1.165) is 15.4 Å². The van der Waals surface area contributed by atoms with Gasteiger partial charge in [-0.15, -0.1) is 0 Å². The third kappa shape index (κ3) is 1.70. The molecule has 0 spiro atoms. The van der Waals surface area contributed by atoms with Crippen molar-refractivity contribution in [3.8, 4) is 0 Å². The van der Waals surface area contributed by atoms with E-state index >= 15 is 0 Å². The third-order valence-corrected chi connectivity index (χ3v) is 2.85. The first kappa shape index (κ1) is 10.0. The zero-order valence-corrected chi connectivity index (χ0v) is 9.36. The average molecular weight is 269 g/mol. The normalized spacial score (nSPS) is 10.7. The first-order valence-electron chi connectivity index (χ1n) is 4.34. The summed E-state index contributed by atoms with van der Waals surface area (Å²) < 4.78 is 2.50. The predicted molar refractivity (Wildman–Crippen MR) is 61.7 cm³/mol. The Bertz CT molecular complexity index is 533. The Hall–Kier alpha value is -1.49. The number of carbonyl (C=O) groups is 1. The molecule has 3 N–H and O–H groups in total. The highest BCUT2D eigenvalue weighted by Gasteiger charge is 2.10. The van der Waals surface area contributed by atoms with Gasteiger partial charge in [-0.2, -0.15) is 0 Å². The fourth-order valence-corrected chi connectivity index (χ4v) is 2.20. The van der Waals surface area contributed by atoms with Crippen molar-refractivity contribution in [3.05, 3.63) is 28.9 Å². The molecule has 0 bridgehead atoms. The van der Waals surface area contributed by atoms with E-state index in [2.05, 4.69) is 15.9 Å². The molecule has 15 heavy (non-hydrogen) atoms. The van der Waals surface area contributed by atoms with Crippen LogP contribution < -0.4 is 5.73 Å². The molecule has 1 heterocycles. The Morgan fingerprint density at radius 2 is 2.27 bits per heavy atom.